The van der Waals surface area contributed by atoms with E-state index < -0.39 is 17.8 Å². The number of halogens is 3. The fraction of sp³-hybridized carbons (Fsp3) is 0.429. The third-order valence-corrected chi connectivity index (χ3v) is 3.96. The van der Waals surface area contributed by atoms with Crippen molar-refractivity contribution in [2.24, 2.45) is 0 Å². The molecule has 0 aromatic carbocycles. The minimum absolute atomic E-state index is 0.113. The van der Waals surface area contributed by atoms with Gasteiger partial charge in [0.05, 0.1) is 22.7 Å². The SMILES string of the molecule is CC(=O)N1CCCC1c1cc(C(F)(F)F)c2c(N)ncnc2n1. The molecule has 1 amide bonds. The summed E-state index contributed by atoms with van der Waals surface area (Å²) < 4.78 is 40.2. The van der Waals surface area contributed by atoms with Crippen molar-refractivity contribution >= 4 is 22.8 Å². The number of hydrogen-bond donors (Lipinski definition) is 1. The molecule has 3 heterocycles. The van der Waals surface area contributed by atoms with Crippen LogP contribution in [0.25, 0.3) is 11.0 Å². The van der Waals surface area contributed by atoms with Gasteiger partial charge in [0.15, 0.2) is 5.65 Å². The van der Waals surface area contributed by atoms with Crippen LogP contribution in [-0.2, 0) is 11.0 Å². The summed E-state index contributed by atoms with van der Waals surface area (Å²) in [7, 11) is 0. The first-order valence-electron chi connectivity index (χ1n) is 7.04. The van der Waals surface area contributed by atoms with Crippen LogP contribution in [0.4, 0.5) is 19.0 Å². The van der Waals surface area contributed by atoms with Gasteiger partial charge in [0, 0.05) is 13.5 Å². The summed E-state index contributed by atoms with van der Waals surface area (Å²) in [5, 5.41) is -0.309. The van der Waals surface area contributed by atoms with Gasteiger partial charge in [-0.3, -0.25) is 4.79 Å². The molecule has 1 aliphatic rings. The number of likely N-dealkylation sites (tertiary alicyclic amines) is 1. The molecule has 2 N–H and O–H groups in total. The summed E-state index contributed by atoms with van der Waals surface area (Å²) in [5.41, 5.74) is 4.72. The number of aromatic nitrogens is 3. The molecule has 0 radical (unpaired) electrons. The molecule has 3 rings (SSSR count). The van der Waals surface area contributed by atoms with Crippen LogP contribution in [0.5, 0.6) is 0 Å². The second kappa shape index (κ2) is 5.32. The molecule has 9 heteroatoms. The monoisotopic (exact) mass is 325 g/mol. The first kappa shape index (κ1) is 15.4. The molecule has 0 saturated carbocycles. The molecule has 23 heavy (non-hydrogen) atoms. The zero-order valence-corrected chi connectivity index (χ0v) is 12.3. The number of amides is 1. The van der Waals surface area contributed by atoms with Gasteiger partial charge in [-0.05, 0) is 18.9 Å². The van der Waals surface area contributed by atoms with Crippen LogP contribution in [0.15, 0.2) is 12.4 Å². The van der Waals surface area contributed by atoms with E-state index in [1.807, 2.05) is 0 Å². The smallest absolute Gasteiger partial charge is 0.383 e. The van der Waals surface area contributed by atoms with Crippen LogP contribution in [0.3, 0.4) is 0 Å². The number of hydrogen-bond acceptors (Lipinski definition) is 5. The molecule has 122 valence electrons. The summed E-state index contributed by atoms with van der Waals surface area (Å²) in [5.74, 6) is -0.457. The van der Waals surface area contributed by atoms with Gasteiger partial charge in [-0.15, -0.1) is 0 Å². The first-order chi connectivity index (χ1) is 10.8. The Morgan fingerprint density at radius 3 is 2.78 bits per heavy atom. The van der Waals surface area contributed by atoms with E-state index in [-0.39, 0.29) is 28.5 Å². The fourth-order valence-corrected chi connectivity index (χ4v) is 2.95. The maximum atomic E-state index is 13.4. The normalized spacial score (nSPS) is 18.6. The lowest BCUT2D eigenvalue weighted by molar-refractivity contribution is -0.136. The average Bonchev–Trinajstić information content (AvgIpc) is 2.95. The molecule has 1 aliphatic heterocycles. The number of anilines is 1. The van der Waals surface area contributed by atoms with E-state index in [9.17, 15) is 18.0 Å². The van der Waals surface area contributed by atoms with Gasteiger partial charge < -0.3 is 10.6 Å². The van der Waals surface area contributed by atoms with E-state index in [0.717, 1.165) is 18.8 Å². The van der Waals surface area contributed by atoms with E-state index >= 15 is 0 Å². The number of nitrogen functional groups attached to an aromatic ring is 1. The largest absolute Gasteiger partial charge is 0.417 e. The molecule has 0 spiro atoms. The van der Waals surface area contributed by atoms with Gasteiger partial charge in [0.2, 0.25) is 5.91 Å². The van der Waals surface area contributed by atoms with E-state index in [2.05, 4.69) is 15.0 Å². The van der Waals surface area contributed by atoms with Crippen molar-refractivity contribution in [2.75, 3.05) is 12.3 Å². The Bertz CT molecular complexity index is 777. The van der Waals surface area contributed by atoms with E-state index in [0.29, 0.717) is 13.0 Å². The number of carbonyl (C=O) groups excluding carboxylic acids is 1. The topological polar surface area (TPSA) is 85.0 Å². The van der Waals surface area contributed by atoms with Crippen LogP contribution in [0, 0.1) is 0 Å². The quantitative estimate of drug-likeness (QED) is 0.869. The molecule has 2 aromatic heterocycles. The van der Waals surface area contributed by atoms with Gasteiger partial charge in [-0.2, -0.15) is 13.2 Å². The number of nitrogens with zero attached hydrogens (tertiary/aromatic N) is 4. The van der Waals surface area contributed by atoms with Crippen molar-refractivity contribution in [3.05, 3.63) is 23.7 Å². The predicted molar refractivity (Wildman–Crippen MR) is 76.1 cm³/mol. The maximum Gasteiger partial charge on any atom is 0.417 e. The third kappa shape index (κ3) is 2.66. The lowest BCUT2D eigenvalue weighted by Gasteiger charge is -2.24. The Labute approximate surface area is 129 Å². The van der Waals surface area contributed by atoms with E-state index in [1.54, 1.807) is 0 Å². The van der Waals surface area contributed by atoms with Crippen molar-refractivity contribution in [2.45, 2.75) is 32.0 Å². The molecular weight excluding hydrogens is 311 g/mol. The van der Waals surface area contributed by atoms with Crippen molar-refractivity contribution in [1.29, 1.82) is 0 Å². The lowest BCUT2D eigenvalue weighted by Crippen LogP contribution is -2.29. The fourth-order valence-electron chi connectivity index (χ4n) is 2.95. The Morgan fingerprint density at radius 1 is 1.39 bits per heavy atom. The molecule has 1 fully saturated rings. The van der Waals surface area contributed by atoms with E-state index in [1.165, 1.54) is 11.8 Å². The summed E-state index contributed by atoms with van der Waals surface area (Å²) in [4.78, 5) is 24.8. The Morgan fingerprint density at radius 2 is 2.13 bits per heavy atom. The van der Waals surface area contributed by atoms with Crippen LogP contribution in [0.2, 0.25) is 0 Å². The zero-order valence-electron chi connectivity index (χ0n) is 12.3. The van der Waals surface area contributed by atoms with Gasteiger partial charge in [0.25, 0.3) is 0 Å². The van der Waals surface area contributed by atoms with Crippen LogP contribution in [0.1, 0.15) is 37.1 Å². The number of pyridine rings is 1. The number of carbonyl (C=O) groups is 1. The second-order valence-electron chi connectivity index (χ2n) is 5.42. The molecule has 6 nitrogen and oxygen atoms in total. The van der Waals surface area contributed by atoms with Crippen molar-refractivity contribution in [1.82, 2.24) is 19.9 Å². The highest BCUT2D eigenvalue weighted by Crippen LogP contribution is 2.39. The number of rotatable bonds is 1. The number of nitrogens with two attached hydrogens (primary N) is 1. The molecule has 1 atom stereocenters. The summed E-state index contributed by atoms with van der Waals surface area (Å²) in [6.45, 7) is 1.90. The van der Waals surface area contributed by atoms with Crippen LogP contribution >= 0.6 is 0 Å². The van der Waals surface area contributed by atoms with Gasteiger partial charge in [0.1, 0.15) is 12.1 Å². The summed E-state index contributed by atoms with van der Waals surface area (Å²) in [6.07, 6.45) is -2.26. The molecule has 2 aromatic rings. The first-order valence-corrected chi connectivity index (χ1v) is 7.04. The van der Waals surface area contributed by atoms with E-state index in [4.69, 9.17) is 5.73 Å². The minimum Gasteiger partial charge on any atom is -0.383 e. The van der Waals surface area contributed by atoms with Gasteiger partial charge in [-0.1, -0.05) is 0 Å². The van der Waals surface area contributed by atoms with Crippen molar-refractivity contribution < 1.29 is 18.0 Å². The molecule has 0 bridgehead atoms. The van der Waals surface area contributed by atoms with Crippen molar-refractivity contribution in [3.8, 4) is 0 Å². The molecule has 1 unspecified atom stereocenters. The highest BCUT2D eigenvalue weighted by Gasteiger charge is 2.37. The second-order valence-corrected chi connectivity index (χ2v) is 5.42. The third-order valence-electron chi connectivity index (χ3n) is 3.96. The van der Waals surface area contributed by atoms with Crippen LogP contribution < -0.4 is 5.73 Å². The Balaban J connectivity index is 2.22. The van der Waals surface area contributed by atoms with Gasteiger partial charge >= 0.3 is 6.18 Å². The number of alkyl halides is 3. The van der Waals surface area contributed by atoms with Crippen molar-refractivity contribution in [3.63, 3.8) is 0 Å². The number of fused-ring (bicyclic) bond motifs is 1. The Hall–Kier alpha value is -2.45. The average molecular weight is 325 g/mol. The summed E-state index contributed by atoms with van der Waals surface area (Å²) in [6, 6.07) is 0.475. The Kier molecular flexibility index (Phi) is 3.57. The molecule has 1 saturated heterocycles. The highest BCUT2D eigenvalue weighted by molar-refractivity contribution is 5.89. The standard InChI is InChI=1S/C14H14F3N5O/c1-7(23)22-4-2-3-10(22)9-5-8(14(15,16)17)11-12(18)19-6-20-13(11)21-9/h5-6,10H,2-4H2,1H3,(H2,18,19,20,21). The summed E-state index contributed by atoms with van der Waals surface area (Å²) >= 11 is 0. The molecular formula is C14H14F3N5O. The minimum atomic E-state index is -4.62. The zero-order chi connectivity index (χ0) is 16.8. The lowest BCUT2D eigenvalue weighted by atomic mass is 10.0. The predicted octanol–water partition coefficient (Wildman–Crippen LogP) is 2.31. The highest BCUT2D eigenvalue weighted by atomic mass is 19.4. The maximum absolute atomic E-state index is 13.4. The van der Waals surface area contributed by atoms with Crippen LogP contribution in [-0.4, -0.2) is 32.3 Å². The molecule has 0 aliphatic carbocycles. The van der Waals surface area contributed by atoms with Gasteiger partial charge in [-0.25, -0.2) is 15.0 Å².